The highest BCUT2D eigenvalue weighted by Gasteiger charge is 2.27. The second kappa shape index (κ2) is 7.84. The van der Waals surface area contributed by atoms with Gasteiger partial charge in [-0.2, -0.15) is 0 Å². The summed E-state index contributed by atoms with van der Waals surface area (Å²) in [6.45, 7) is 20.2. The number of hydrogen-bond acceptors (Lipinski definition) is 0. The van der Waals surface area contributed by atoms with E-state index in [1.54, 1.807) is 0 Å². The summed E-state index contributed by atoms with van der Waals surface area (Å²) < 4.78 is 19.3. The lowest BCUT2D eigenvalue weighted by molar-refractivity contribution is -0.659. The standard InChI is InChI=1S/C29H40N/c1-19(2)15-21-11-12-24-22(16-21)13-14-30(10)27(24)25-17-23(28(4,5)6)18-26(20(25)3)29(7,8)9/h11-14,16-19H,15H2,1-10H3/q+1/i13D,14D. The first-order chi connectivity index (χ1) is 14.6. The maximum absolute atomic E-state index is 8.73. The van der Waals surface area contributed by atoms with Crippen molar-refractivity contribution in [1.82, 2.24) is 0 Å². The Morgan fingerprint density at radius 1 is 0.967 bits per heavy atom. The summed E-state index contributed by atoms with van der Waals surface area (Å²) >= 11 is 0. The van der Waals surface area contributed by atoms with Crippen LogP contribution in [0.3, 0.4) is 0 Å². The number of benzene rings is 2. The highest BCUT2D eigenvalue weighted by atomic mass is 14.9. The largest absolute Gasteiger partial charge is 0.220 e. The molecule has 0 unspecified atom stereocenters. The number of fused-ring (bicyclic) bond motifs is 1. The molecule has 0 radical (unpaired) electrons. The molecule has 2 aromatic carbocycles. The first-order valence-electron chi connectivity index (χ1n) is 12.2. The number of aromatic nitrogens is 1. The van der Waals surface area contributed by atoms with E-state index in [4.69, 9.17) is 2.74 Å². The van der Waals surface area contributed by atoms with Crippen molar-refractivity contribution in [1.29, 1.82) is 0 Å². The molecular weight excluding hydrogens is 362 g/mol. The molecule has 3 aromatic rings. The first kappa shape index (κ1) is 19.8. The maximum Gasteiger partial charge on any atom is 0.220 e. The number of rotatable bonds is 3. The zero-order valence-corrected chi connectivity index (χ0v) is 20.6. The maximum atomic E-state index is 8.73. The Balaban J connectivity index is 2.46. The third kappa shape index (κ3) is 4.46. The van der Waals surface area contributed by atoms with E-state index in [-0.39, 0.29) is 17.0 Å². The Morgan fingerprint density at radius 2 is 1.63 bits per heavy atom. The normalized spacial score (nSPS) is 13.7. The van der Waals surface area contributed by atoms with Gasteiger partial charge in [-0.3, -0.25) is 0 Å². The minimum Gasteiger partial charge on any atom is -0.200 e. The third-order valence-corrected chi connectivity index (χ3v) is 6.01. The van der Waals surface area contributed by atoms with Crippen LogP contribution in [0.2, 0.25) is 0 Å². The smallest absolute Gasteiger partial charge is 0.200 e. The van der Waals surface area contributed by atoms with E-state index in [9.17, 15) is 0 Å². The van der Waals surface area contributed by atoms with Gasteiger partial charge in [0.25, 0.3) is 0 Å². The molecule has 0 aliphatic carbocycles. The van der Waals surface area contributed by atoms with Gasteiger partial charge in [0.2, 0.25) is 5.69 Å². The number of nitrogens with zero attached hydrogens (tertiary/aromatic N) is 1. The van der Waals surface area contributed by atoms with Gasteiger partial charge in [-0.15, -0.1) is 0 Å². The zero-order chi connectivity index (χ0) is 24.2. The molecule has 0 bridgehead atoms. The molecule has 0 saturated heterocycles. The Kier molecular flexibility index (Phi) is 5.17. The summed E-state index contributed by atoms with van der Waals surface area (Å²) in [4.78, 5) is 0. The van der Waals surface area contributed by atoms with Crippen LogP contribution in [0.15, 0.2) is 42.5 Å². The molecule has 0 aliphatic rings. The van der Waals surface area contributed by atoms with E-state index in [0.717, 1.165) is 22.9 Å². The molecule has 1 heterocycles. The van der Waals surface area contributed by atoms with E-state index in [1.807, 2.05) is 11.6 Å². The van der Waals surface area contributed by atoms with Crippen LogP contribution >= 0.6 is 0 Å². The van der Waals surface area contributed by atoms with Gasteiger partial charge in [0.15, 0.2) is 6.17 Å². The van der Waals surface area contributed by atoms with Crippen LogP contribution < -0.4 is 4.57 Å². The second-order valence-corrected chi connectivity index (χ2v) is 11.3. The summed E-state index contributed by atoms with van der Waals surface area (Å²) in [6.07, 6.45) is 1.23. The van der Waals surface area contributed by atoms with E-state index in [1.165, 1.54) is 27.8 Å². The minimum atomic E-state index is 0.0120. The first-order valence-corrected chi connectivity index (χ1v) is 11.2. The Morgan fingerprint density at radius 3 is 2.20 bits per heavy atom. The SMILES string of the molecule is [2H]c1c([2H])[n+](C)c(-c2cc(C(C)(C)C)cc(C(C)(C)C)c2C)c2ccc(CC(C)C)cc12. The van der Waals surface area contributed by atoms with Crippen LogP contribution in [-0.2, 0) is 24.3 Å². The minimum absolute atomic E-state index is 0.0120. The van der Waals surface area contributed by atoms with Crippen molar-refractivity contribution in [2.24, 2.45) is 13.0 Å². The van der Waals surface area contributed by atoms with E-state index >= 15 is 0 Å². The van der Waals surface area contributed by atoms with Crippen LogP contribution in [0.4, 0.5) is 0 Å². The number of pyridine rings is 1. The molecule has 1 nitrogen and oxygen atoms in total. The molecule has 0 amide bonds. The van der Waals surface area contributed by atoms with Gasteiger partial charge in [-0.05, 0) is 69.9 Å². The summed E-state index contributed by atoms with van der Waals surface area (Å²) in [6, 6.07) is 11.5. The predicted molar refractivity (Wildman–Crippen MR) is 131 cm³/mol. The fourth-order valence-electron chi connectivity index (χ4n) is 4.38. The van der Waals surface area contributed by atoms with Gasteiger partial charge in [-0.25, -0.2) is 4.57 Å². The lowest BCUT2D eigenvalue weighted by atomic mass is 9.76. The molecule has 1 heteroatoms. The topological polar surface area (TPSA) is 3.88 Å². The van der Waals surface area contributed by atoms with Crippen LogP contribution in [0.5, 0.6) is 0 Å². The van der Waals surface area contributed by atoms with Crippen molar-refractivity contribution in [2.45, 2.75) is 79.6 Å². The fraction of sp³-hybridized carbons (Fsp3) is 0.483. The molecule has 3 rings (SSSR count). The highest BCUT2D eigenvalue weighted by Crippen LogP contribution is 2.38. The Hall–Kier alpha value is -2.15. The monoisotopic (exact) mass is 404 g/mol. The Labute approximate surface area is 187 Å². The van der Waals surface area contributed by atoms with Crippen molar-refractivity contribution in [2.75, 3.05) is 0 Å². The van der Waals surface area contributed by atoms with Crippen molar-refractivity contribution in [3.05, 3.63) is 64.8 Å². The zero-order valence-electron chi connectivity index (χ0n) is 22.6. The van der Waals surface area contributed by atoms with Gasteiger partial charge in [0, 0.05) is 6.04 Å². The van der Waals surface area contributed by atoms with Gasteiger partial charge in [0.05, 0.1) is 12.3 Å². The molecule has 30 heavy (non-hydrogen) atoms. The van der Waals surface area contributed by atoms with Crippen molar-refractivity contribution >= 4 is 10.8 Å². The predicted octanol–water partition coefficient (Wildman–Crippen LogP) is 7.43. The van der Waals surface area contributed by atoms with Gasteiger partial charge < -0.3 is 0 Å². The molecule has 160 valence electrons. The average Bonchev–Trinajstić information content (AvgIpc) is 2.65. The second-order valence-electron chi connectivity index (χ2n) is 11.3. The number of hydrogen-bond donors (Lipinski definition) is 0. The molecule has 1 aromatic heterocycles. The molecule has 0 N–H and O–H groups in total. The third-order valence-electron chi connectivity index (χ3n) is 6.01. The molecule has 0 fully saturated rings. The molecule has 0 atom stereocenters. The lowest BCUT2D eigenvalue weighted by Gasteiger charge is -2.28. The summed E-state index contributed by atoms with van der Waals surface area (Å²) in [7, 11) is 1.93. The van der Waals surface area contributed by atoms with E-state index in [0.29, 0.717) is 12.0 Å². The van der Waals surface area contributed by atoms with Crippen LogP contribution in [0.25, 0.3) is 22.0 Å². The van der Waals surface area contributed by atoms with Crippen LogP contribution in [0, 0.1) is 12.8 Å². The van der Waals surface area contributed by atoms with Crippen molar-refractivity contribution in [3.63, 3.8) is 0 Å². The van der Waals surface area contributed by atoms with Crippen LogP contribution in [-0.4, -0.2) is 0 Å². The molecular formula is C29H40N+. The molecule has 0 aliphatic heterocycles. The highest BCUT2D eigenvalue weighted by molar-refractivity contribution is 5.94. The Bertz CT molecular complexity index is 1170. The van der Waals surface area contributed by atoms with E-state index in [2.05, 4.69) is 92.6 Å². The van der Waals surface area contributed by atoms with E-state index < -0.39 is 0 Å². The van der Waals surface area contributed by atoms with Crippen molar-refractivity contribution in [3.8, 4) is 11.3 Å². The average molecular weight is 405 g/mol. The summed E-state index contributed by atoms with van der Waals surface area (Å²) in [5.41, 5.74) is 7.35. The fourth-order valence-corrected chi connectivity index (χ4v) is 4.38. The summed E-state index contributed by atoms with van der Waals surface area (Å²) in [5, 5.41) is 1.93. The van der Waals surface area contributed by atoms with Crippen molar-refractivity contribution < 1.29 is 7.31 Å². The van der Waals surface area contributed by atoms with Gasteiger partial charge in [-0.1, -0.05) is 73.6 Å². The summed E-state index contributed by atoms with van der Waals surface area (Å²) in [5.74, 6) is 0.552. The lowest BCUT2D eigenvalue weighted by Crippen LogP contribution is -2.31. The molecule has 0 spiro atoms. The van der Waals surface area contributed by atoms with Crippen LogP contribution in [0.1, 0.15) is 80.4 Å². The van der Waals surface area contributed by atoms with Gasteiger partial charge >= 0.3 is 0 Å². The van der Waals surface area contributed by atoms with Gasteiger partial charge in [0.1, 0.15) is 8.42 Å². The quantitative estimate of drug-likeness (QED) is 0.399. The molecule has 0 saturated carbocycles.